The van der Waals surface area contributed by atoms with Gasteiger partial charge in [0.1, 0.15) is 6.04 Å². The van der Waals surface area contributed by atoms with Crippen molar-refractivity contribution in [2.75, 3.05) is 0 Å². The first-order chi connectivity index (χ1) is 14.3. The standard InChI is InChI=1S/C25H30N2O3/c1-25(2,3)20-12-6-10-17-15-27(24(29)30)22(14-19(17)20)23(28)26-21-13-7-9-16-8-4-5-11-18(16)21/h4-6,8,10-12,21-22H,7,9,13-15H2,1-3H3,(H,26,28)(H,29,30)/t21-,22?/m1/s1. The lowest BCUT2D eigenvalue weighted by Gasteiger charge is -2.38. The number of amides is 2. The van der Waals surface area contributed by atoms with Crippen LogP contribution in [0.3, 0.4) is 0 Å². The molecule has 0 radical (unpaired) electrons. The van der Waals surface area contributed by atoms with Crippen LogP contribution in [0.1, 0.15) is 67.5 Å². The lowest BCUT2D eigenvalue weighted by Crippen LogP contribution is -2.53. The lowest BCUT2D eigenvalue weighted by atomic mass is 9.78. The fraction of sp³-hybridized carbons (Fsp3) is 0.440. The van der Waals surface area contributed by atoms with E-state index in [0.717, 1.165) is 36.0 Å². The average Bonchev–Trinajstić information content (AvgIpc) is 2.71. The summed E-state index contributed by atoms with van der Waals surface area (Å²) in [7, 11) is 0. The molecule has 2 amide bonds. The Balaban J connectivity index is 1.63. The summed E-state index contributed by atoms with van der Waals surface area (Å²) in [5.41, 5.74) is 5.66. The SMILES string of the molecule is CC(C)(C)c1cccc2c1CC(C(=O)N[C@@H]1CCCc3ccccc31)N(C(=O)O)C2. The van der Waals surface area contributed by atoms with Crippen molar-refractivity contribution in [3.05, 3.63) is 70.3 Å². The molecule has 5 nitrogen and oxygen atoms in total. The van der Waals surface area contributed by atoms with E-state index in [9.17, 15) is 14.7 Å². The molecule has 2 atom stereocenters. The second-order valence-electron chi connectivity index (χ2n) is 9.48. The minimum Gasteiger partial charge on any atom is -0.465 e. The maximum atomic E-state index is 13.3. The molecule has 2 aliphatic rings. The van der Waals surface area contributed by atoms with Gasteiger partial charge in [0.15, 0.2) is 0 Å². The van der Waals surface area contributed by atoms with E-state index in [1.807, 2.05) is 24.3 Å². The molecule has 0 saturated heterocycles. The summed E-state index contributed by atoms with van der Waals surface area (Å²) in [6, 6.07) is 13.5. The van der Waals surface area contributed by atoms with Gasteiger partial charge in [-0.15, -0.1) is 0 Å². The van der Waals surface area contributed by atoms with Gasteiger partial charge in [0.25, 0.3) is 0 Å². The molecule has 4 rings (SSSR count). The van der Waals surface area contributed by atoms with Gasteiger partial charge in [-0.2, -0.15) is 0 Å². The zero-order chi connectivity index (χ0) is 21.5. The molecule has 2 aromatic rings. The van der Waals surface area contributed by atoms with Crippen LogP contribution >= 0.6 is 0 Å². The van der Waals surface area contributed by atoms with Gasteiger partial charge in [-0.1, -0.05) is 63.2 Å². The molecule has 158 valence electrons. The molecule has 0 saturated carbocycles. The highest BCUT2D eigenvalue weighted by molar-refractivity contribution is 5.86. The molecule has 2 aromatic carbocycles. The van der Waals surface area contributed by atoms with Crippen LogP contribution in [0.5, 0.6) is 0 Å². The number of carbonyl (C=O) groups is 2. The maximum absolute atomic E-state index is 13.3. The van der Waals surface area contributed by atoms with E-state index in [1.165, 1.54) is 16.0 Å². The number of carbonyl (C=O) groups excluding carboxylic acids is 1. The normalized spacial score (nSPS) is 20.8. The Hall–Kier alpha value is -2.82. The Labute approximate surface area is 178 Å². The third-order valence-corrected chi connectivity index (χ3v) is 6.43. The van der Waals surface area contributed by atoms with Gasteiger partial charge in [0, 0.05) is 6.42 Å². The van der Waals surface area contributed by atoms with Crippen molar-refractivity contribution in [3.8, 4) is 0 Å². The minimum absolute atomic E-state index is 0.0580. The monoisotopic (exact) mass is 406 g/mol. The van der Waals surface area contributed by atoms with Crippen molar-refractivity contribution < 1.29 is 14.7 Å². The first-order valence-electron chi connectivity index (χ1n) is 10.7. The van der Waals surface area contributed by atoms with E-state index in [2.05, 4.69) is 44.3 Å². The molecular formula is C25H30N2O3. The molecule has 1 aliphatic heterocycles. The third-order valence-electron chi connectivity index (χ3n) is 6.43. The second-order valence-corrected chi connectivity index (χ2v) is 9.48. The zero-order valence-electron chi connectivity index (χ0n) is 17.9. The number of nitrogens with zero attached hydrogens (tertiary/aromatic N) is 1. The van der Waals surface area contributed by atoms with Crippen molar-refractivity contribution in [1.82, 2.24) is 10.2 Å². The van der Waals surface area contributed by atoms with Crippen molar-refractivity contribution in [1.29, 1.82) is 0 Å². The van der Waals surface area contributed by atoms with Crippen molar-refractivity contribution >= 4 is 12.0 Å². The Bertz CT molecular complexity index is 977. The quantitative estimate of drug-likeness (QED) is 0.767. The molecule has 0 spiro atoms. The molecule has 1 heterocycles. The zero-order valence-corrected chi connectivity index (χ0v) is 17.9. The van der Waals surface area contributed by atoms with E-state index < -0.39 is 12.1 Å². The number of rotatable bonds is 2. The first kappa shape index (κ1) is 20.5. The predicted molar refractivity (Wildman–Crippen MR) is 116 cm³/mol. The molecule has 30 heavy (non-hydrogen) atoms. The van der Waals surface area contributed by atoms with Gasteiger partial charge in [-0.25, -0.2) is 4.79 Å². The third kappa shape index (κ3) is 3.81. The fourth-order valence-corrected chi connectivity index (χ4v) is 4.93. The number of aryl methyl sites for hydroxylation is 1. The first-order valence-corrected chi connectivity index (χ1v) is 10.7. The summed E-state index contributed by atoms with van der Waals surface area (Å²) in [5.74, 6) is -0.200. The van der Waals surface area contributed by atoms with Gasteiger partial charge in [0.05, 0.1) is 12.6 Å². The number of carboxylic acid groups (broad SMARTS) is 1. The molecular weight excluding hydrogens is 376 g/mol. The number of nitrogens with one attached hydrogen (secondary N) is 1. The fourth-order valence-electron chi connectivity index (χ4n) is 4.93. The molecule has 0 bridgehead atoms. The Morgan fingerprint density at radius 3 is 2.53 bits per heavy atom. The Morgan fingerprint density at radius 1 is 1.07 bits per heavy atom. The van der Waals surface area contributed by atoms with Crippen LogP contribution in [-0.4, -0.2) is 28.0 Å². The lowest BCUT2D eigenvalue weighted by molar-refractivity contribution is -0.127. The van der Waals surface area contributed by atoms with Gasteiger partial charge >= 0.3 is 6.09 Å². The van der Waals surface area contributed by atoms with Crippen molar-refractivity contribution in [2.45, 2.75) is 70.5 Å². The minimum atomic E-state index is -1.05. The summed E-state index contributed by atoms with van der Waals surface area (Å²) >= 11 is 0. The molecule has 0 aromatic heterocycles. The summed E-state index contributed by atoms with van der Waals surface area (Å²) in [5, 5.41) is 13.0. The van der Waals surface area contributed by atoms with Crippen molar-refractivity contribution in [3.63, 3.8) is 0 Å². The molecule has 0 fully saturated rings. The molecule has 1 aliphatic carbocycles. The van der Waals surface area contributed by atoms with Gasteiger partial charge in [-0.3, -0.25) is 9.69 Å². The van der Waals surface area contributed by atoms with E-state index in [-0.39, 0.29) is 23.9 Å². The van der Waals surface area contributed by atoms with E-state index in [1.54, 1.807) is 0 Å². The highest BCUT2D eigenvalue weighted by Crippen LogP contribution is 2.34. The summed E-state index contributed by atoms with van der Waals surface area (Å²) in [6.45, 7) is 6.70. The number of hydrogen-bond donors (Lipinski definition) is 2. The molecule has 2 N–H and O–H groups in total. The van der Waals surface area contributed by atoms with E-state index in [0.29, 0.717) is 6.42 Å². The summed E-state index contributed by atoms with van der Waals surface area (Å²) < 4.78 is 0. The van der Waals surface area contributed by atoms with Crippen LogP contribution in [0.2, 0.25) is 0 Å². The van der Waals surface area contributed by atoms with Crippen LogP contribution in [0.4, 0.5) is 4.79 Å². The van der Waals surface area contributed by atoms with Crippen LogP contribution in [0.25, 0.3) is 0 Å². The topological polar surface area (TPSA) is 69.6 Å². The van der Waals surface area contributed by atoms with E-state index >= 15 is 0 Å². The highest BCUT2D eigenvalue weighted by Gasteiger charge is 2.38. The van der Waals surface area contributed by atoms with Crippen molar-refractivity contribution in [2.24, 2.45) is 0 Å². The van der Waals surface area contributed by atoms with Crippen LogP contribution < -0.4 is 5.32 Å². The average molecular weight is 407 g/mol. The van der Waals surface area contributed by atoms with Crippen LogP contribution in [-0.2, 0) is 29.6 Å². The highest BCUT2D eigenvalue weighted by atomic mass is 16.4. The molecule has 5 heteroatoms. The number of benzene rings is 2. The van der Waals surface area contributed by atoms with Crippen LogP contribution in [0, 0.1) is 0 Å². The summed E-state index contributed by atoms with van der Waals surface area (Å²) in [6.07, 6.45) is 2.29. The van der Waals surface area contributed by atoms with Gasteiger partial charge < -0.3 is 10.4 Å². The Kier molecular flexibility index (Phi) is 5.31. The second kappa shape index (κ2) is 7.78. The predicted octanol–water partition coefficient (Wildman–Crippen LogP) is 4.58. The maximum Gasteiger partial charge on any atom is 0.408 e. The smallest absolute Gasteiger partial charge is 0.408 e. The van der Waals surface area contributed by atoms with Gasteiger partial charge in [0.2, 0.25) is 5.91 Å². The summed E-state index contributed by atoms with van der Waals surface area (Å²) in [4.78, 5) is 26.6. The largest absolute Gasteiger partial charge is 0.465 e. The number of fused-ring (bicyclic) bond motifs is 2. The van der Waals surface area contributed by atoms with E-state index in [4.69, 9.17) is 0 Å². The van der Waals surface area contributed by atoms with Crippen LogP contribution in [0.15, 0.2) is 42.5 Å². The molecule has 1 unspecified atom stereocenters. The van der Waals surface area contributed by atoms with Gasteiger partial charge in [-0.05, 0) is 52.5 Å². The Morgan fingerprint density at radius 2 is 1.80 bits per heavy atom. The number of hydrogen-bond acceptors (Lipinski definition) is 2.